The number of nitrogens with zero attached hydrogens (tertiary/aromatic N) is 6. The van der Waals surface area contributed by atoms with Crippen LogP contribution in [0.5, 0.6) is 0 Å². The summed E-state index contributed by atoms with van der Waals surface area (Å²) in [6.45, 7) is 13.0. The molecular formula is C30H41FN6O2. The predicted octanol–water partition coefficient (Wildman–Crippen LogP) is 5.43. The van der Waals surface area contributed by atoms with Crippen LogP contribution >= 0.6 is 0 Å². The maximum atomic E-state index is 15.0. The van der Waals surface area contributed by atoms with Gasteiger partial charge in [-0.2, -0.15) is 0 Å². The second kappa shape index (κ2) is 11.1. The molecule has 0 unspecified atom stereocenters. The molecular weight excluding hydrogens is 495 g/mol. The average molecular weight is 537 g/mol. The molecule has 0 radical (unpaired) electrons. The van der Waals surface area contributed by atoms with Crippen LogP contribution in [0.25, 0.3) is 11.4 Å². The van der Waals surface area contributed by atoms with Crippen molar-refractivity contribution in [1.82, 2.24) is 19.4 Å². The zero-order valence-corrected chi connectivity index (χ0v) is 23.9. The van der Waals surface area contributed by atoms with E-state index in [-0.39, 0.29) is 23.4 Å². The third kappa shape index (κ3) is 4.85. The molecule has 0 bridgehead atoms. The number of rotatable bonds is 8. The van der Waals surface area contributed by atoms with E-state index < -0.39 is 5.82 Å². The fourth-order valence-corrected chi connectivity index (χ4v) is 6.18. The molecule has 210 valence electrons. The monoisotopic (exact) mass is 536 g/mol. The van der Waals surface area contributed by atoms with Crippen molar-refractivity contribution in [2.75, 3.05) is 31.1 Å². The lowest BCUT2D eigenvalue weighted by molar-refractivity contribution is 0.0767. The van der Waals surface area contributed by atoms with E-state index in [2.05, 4.69) is 23.3 Å². The van der Waals surface area contributed by atoms with E-state index in [1.165, 1.54) is 25.3 Å². The van der Waals surface area contributed by atoms with Crippen molar-refractivity contribution in [2.24, 2.45) is 16.8 Å². The number of imidazole rings is 1. The Morgan fingerprint density at radius 3 is 2.49 bits per heavy atom. The van der Waals surface area contributed by atoms with Gasteiger partial charge in [0, 0.05) is 31.7 Å². The number of carbonyl (C=O) groups is 2. The molecule has 1 aliphatic carbocycles. The first-order valence-corrected chi connectivity index (χ1v) is 14.7. The average Bonchev–Trinajstić information content (AvgIpc) is 3.53. The molecule has 39 heavy (non-hydrogen) atoms. The summed E-state index contributed by atoms with van der Waals surface area (Å²) in [7, 11) is 0. The van der Waals surface area contributed by atoms with E-state index in [1.807, 2.05) is 20.8 Å². The highest BCUT2D eigenvalue weighted by Gasteiger charge is 2.44. The van der Waals surface area contributed by atoms with E-state index in [4.69, 9.17) is 9.98 Å². The third-order valence-electron chi connectivity index (χ3n) is 8.53. The summed E-state index contributed by atoms with van der Waals surface area (Å²) in [5.41, 5.74) is 1.09. The van der Waals surface area contributed by atoms with Gasteiger partial charge in [-0.3, -0.25) is 19.4 Å². The van der Waals surface area contributed by atoms with E-state index in [0.717, 1.165) is 25.2 Å². The highest BCUT2D eigenvalue weighted by molar-refractivity contribution is 6.18. The molecule has 3 heterocycles. The maximum absolute atomic E-state index is 15.0. The largest absolute Gasteiger partial charge is 0.339 e. The van der Waals surface area contributed by atoms with E-state index in [0.29, 0.717) is 61.1 Å². The van der Waals surface area contributed by atoms with Crippen molar-refractivity contribution < 1.29 is 14.0 Å². The van der Waals surface area contributed by atoms with Crippen LogP contribution in [-0.2, 0) is 6.54 Å². The first-order valence-electron chi connectivity index (χ1n) is 14.7. The van der Waals surface area contributed by atoms with Crippen molar-refractivity contribution in [2.45, 2.75) is 79.3 Å². The Labute approximate surface area is 230 Å². The van der Waals surface area contributed by atoms with Gasteiger partial charge in [0.15, 0.2) is 5.69 Å². The molecule has 0 spiro atoms. The molecule has 1 fully saturated rings. The zero-order chi connectivity index (χ0) is 27.8. The van der Waals surface area contributed by atoms with Gasteiger partial charge in [-0.25, -0.2) is 14.4 Å². The zero-order valence-electron chi connectivity index (χ0n) is 23.9. The van der Waals surface area contributed by atoms with Gasteiger partial charge in [-0.05, 0) is 63.6 Å². The Kier molecular flexibility index (Phi) is 7.78. The molecule has 2 amide bonds. The Morgan fingerprint density at radius 2 is 1.85 bits per heavy atom. The van der Waals surface area contributed by atoms with Gasteiger partial charge >= 0.3 is 0 Å². The molecule has 1 saturated carbocycles. The summed E-state index contributed by atoms with van der Waals surface area (Å²) >= 11 is 0. The molecule has 1 aromatic heterocycles. The van der Waals surface area contributed by atoms with Crippen molar-refractivity contribution in [3.05, 3.63) is 35.3 Å². The number of amides is 2. The van der Waals surface area contributed by atoms with Gasteiger partial charge in [-0.15, -0.1) is 0 Å². The molecule has 0 N–H and O–H groups in total. The minimum atomic E-state index is -0.548. The number of carbonyl (C=O) groups excluding carboxylic acids is 2. The molecule has 3 aliphatic rings. The molecule has 2 aliphatic heterocycles. The van der Waals surface area contributed by atoms with Gasteiger partial charge < -0.3 is 9.47 Å². The Bertz CT molecular complexity index is 1270. The van der Waals surface area contributed by atoms with Crippen LogP contribution in [0.2, 0.25) is 0 Å². The maximum Gasteiger partial charge on any atom is 0.283 e. The molecule has 8 nitrogen and oxygen atoms in total. The number of halogens is 1. The standard InChI is InChI=1S/C30H41FN6O2/c1-6-34(7-2)28(38)22-16-21(14-15-23(22)31)26-33-25-27(36(26)17-20-12-10-9-11-13-20)37-18-24(19(4)5)32-30(37)35(8-3)29(25)39/h14-16,19-20,24H,6-13,17-18H2,1-5H3/t24-/m0/s1. The van der Waals surface area contributed by atoms with Crippen LogP contribution in [0.15, 0.2) is 23.2 Å². The van der Waals surface area contributed by atoms with Crippen LogP contribution in [0.1, 0.15) is 87.6 Å². The molecule has 1 atom stereocenters. The number of fused-ring (bicyclic) bond motifs is 3. The number of aromatic nitrogens is 2. The van der Waals surface area contributed by atoms with E-state index >= 15 is 0 Å². The number of aliphatic imine (C=N–C) groups is 1. The molecule has 9 heteroatoms. The topological polar surface area (TPSA) is 74.0 Å². The minimum absolute atomic E-state index is 0.0335. The molecule has 5 rings (SSSR count). The van der Waals surface area contributed by atoms with Gasteiger partial charge in [-0.1, -0.05) is 33.1 Å². The lowest BCUT2D eigenvalue weighted by Crippen LogP contribution is -2.50. The minimum Gasteiger partial charge on any atom is -0.339 e. The van der Waals surface area contributed by atoms with Crippen molar-refractivity contribution in [3.63, 3.8) is 0 Å². The predicted molar refractivity (Wildman–Crippen MR) is 152 cm³/mol. The van der Waals surface area contributed by atoms with Gasteiger partial charge in [0.05, 0.1) is 18.2 Å². The molecule has 2 aromatic rings. The van der Waals surface area contributed by atoms with Gasteiger partial charge in [0.1, 0.15) is 17.5 Å². The van der Waals surface area contributed by atoms with Crippen LogP contribution < -0.4 is 4.90 Å². The summed E-state index contributed by atoms with van der Waals surface area (Å²) in [6.07, 6.45) is 5.91. The lowest BCUT2D eigenvalue weighted by Gasteiger charge is -2.34. The second-order valence-electron chi connectivity index (χ2n) is 11.3. The van der Waals surface area contributed by atoms with Crippen LogP contribution in [0, 0.1) is 17.7 Å². The smallest absolute Gasteiger partial charge is 0.283 e. The second-order valence-corrected chi connectivity index (χ2v) is 11.3. The highest BCUT2D eigenvalue weighted by atomic mass is 19.1. The summed E-state index contributed by atoms with van der Waals surface area (Å²) in [6, 6.07) is 4.72. The number of anilines is 1. The summed E-state index contributed by atoms with van der Waals surface area (Å²) in [5, 5.41) is 0. The number of benzene rings is 1. The number of hydrogen-bond acceptors (Lipinski definition) is 5. The van der Waals surface area contributed by atoms with Crippen LogP contribution in [0.3, 0.4) is 0 Å². The Morgan fingerprint density at radius 1 is 1.13 bits per heavy atom. The SMILES string of the molecule is CCN(CC)C(=O)c1cc(-c2nc3c(n2CC2CCCCC2)N2C[C@@H](C(C)C)N=C2N(CC)C3=O)ccc1F. The first kappa shape index (κ1) is 27.3. The number of hydrogen-bond donors (Lipinski definition) is 0. The van der Waals surface area contributed by atoms with E-state index in [9.17, 15) is 14.0 Å². The third-order valence-corrected chi connectivity index (χ3v) is 8.53. The lowest BCUT2D eigenvalue weighted by atomic mass is 9.89. The van der Waals surface area contributed by atoms with Crippen LogP contribution in [-0.4, -0.2) is 69.3 Å². The summed E-state index contributed by atoms with van der Waals surface area (Å²) in [5.74, 6) is 1.85. The molecule has 0 saturated heterocycles. The Balaban J connectivity index is 1.66. The first-order chi connectivity index (χ1) is 18.8. The molecule has 1 aromatic carbocycles. The highest BCUT2D eigenvalue weighted by Crippen LogP contribution is 2.39. The normalized spacial score (nSPS) is 19.4. The van der Waals surface area contributed by atoms with Crippen molar-refractivity contribution >= 4 is 23.6 Å². The summed E-state index contributed by atoms with van der Waals surface area (Å²) < 4.78 is 17.1. The Hall–Kier alpha value is -3.23. The van der Waals surface area contributed by atoms with Crippen LogP contribution in [0.4, 0.5) is 10.2 Å². The van der Waals surface area contributed by atoms with Crippen molar-refractivity contribution in [3.8, 4) is 11.4 Å². The van der Waals surface area contributed by atoms with Gasteiger partial charge in [0.25, 0.3) is 11.8 Å². The van der Waals surface area contributed by atoms with Crippen molar-refractivity contribution in [1.29, 1.82) is 0 Å². The fourth-order valence-electron chi connectivity index (χ4n) is 6.18. The van der Waals surface area contributed by atoms with Gasteiger partial charge in [0.2, 0.25) is 5.96 Å². The number of guanidine groups is 1. The summed E-state index contributed by atoms with van der Waals surface area (Å²) in [4.78, 5) is 42.3. The fraction of sp³-hybridized carbons (Fsp3) is 0.600. The van der Waals surface area contributed by atoms with E-state index in [1.54, 1.807) is 21.9 Å². The quantitative estimate of drug-likeness (QED) is 0.451.